The molecule has 0 aliphatic rings. The summed E-state index contributed by atoms with van der Waals surface area (Å²) in [6.45, 7) is 5.72. The molecule has 1 amide bonds. The summed E-state index contributed by atoms with van der Waals surface area (Å²) in [6, 6.07) is 6.58. The number of aromatic nitrogens is 2. The summed E-state index contributed by atoms with van der Waals surface area (Å²) in [6.07, 6.45) is 4.17. The number of aryl methyl sites for hydroxylation is 2. The van der Waals surface area contributed by atoms with Gasteiger partial charge in [0.1, 0.15) is 5.56 Å². The topological polar surface area (TPSA) is 93.5 Å². The molecule has 0 atom stereocenters. The van der Waals surface area contributed by atoms with Crippen LogP contribution in [0.1, 0.15) is 42.1 Å². The number of nitrogens with zero attached hydrogens (tertiary/aromatic N) is 3. The fourth-order valence-electron chi connectivity index (χ4n) is 2.77. The van der Waals surface area contributed by atoms with Crippen molar-refractivity contribution < 1.29 is 17.9 Å². The van der Waals surface area contributed by atoms with E-state index in [-0.39, 0.29) is 22.2 Å². The Morgan fingerprint density at radius 1 is 1.21 bits per heavy atom. The second kappa shape index (κ2) is 10.4. The van der Waals surface area contributed by atoms with Gasteiger partial charge in [-0.1, -0.05) is 31.0 Å². The first kappa shape index (κ1) is 22.9. The lowest BCUT2D eigenvalue weighted by atomic mass is 10.2. The van der Waals surface area contributed by atoms with Gasteiger partial charge in [0.2, 0.25) is 0 Å². The minimum atomic E-state index is -3.82. The van der Waals surface area contributed by atoms with E-state index in [2.05, 4.69) is 17.3 Å². The van der Waals surface area contributed by atoms with Crippen LogP contribution in [-0.4, -0.2) is 50.9 Å². The molecule has 0 bridgehead atoms. The van der Waals surface area contributed by atoms with Crippen molar-refractivity contribution in [2.75, 3.05) is 31.1 Å². The third kappa shape index (κ3) is 5.80. The molecule has 2 aromatic rings. The molecule has 0 spiro atoms. The number of carbonyl (C=O) groups is 1. The van der Waals surface area contributed by atoms with Crippen molar-refractivity contribution >= 4 is 21.7 Å². The van der Waals surface area contributed by atoms with E-state index in [0.717, 1.165) is 29.3 Å². The van der Waals surface area contributed by atoms with Crippen LogP contribution in [0.25, 0.3) is 0 Å². The molecule has 160 valence electrons. The Balaban J connectivity index is 2.08. The standard InChI is InChI=1S/C20H30N4O4S/c1-5-6-13-28-14-7-12-21-19(25)18-15-22-23(3)20(18)24(4)29(26,27)17-10-8-16(2)9-11-17/h8-11,15H,5-7,12-14H2,1-4H3,(H,21,25). The van der Waals surface area contributed by atoms with Crippen LogP contribution in [0.4, 0.5) is 5.82 Å². The zero-order chi connectivity index (χ0) is 21.4. The zero-order valence-electron chi connectivity index (χ0n) is 17.5. The summed E-state index contributed by atoms with van der Waals surface area (Å²) in [5.41, 5.74) is 1.17. The highest BCUT2D eigenvalue weighted by molar-refractivity contribution is 7.92. The number of carbonyl (C=O) groups excluding carboxylic acids is 1. The van der Waals surface area contributed by atoms with Crippen molar-refractivity contribution in [3.63, 3.8) is 0 Å². The van der Waals surface area contributed by atoms with Crippen molar-refractivity contribution in [1.29, 1.82) is 0 Å². The molecule has 8 nitrogen and oxygen atoms in total. The first-order valence-electron chi connectivity index (χ1n) is 9.72. The normalized spacial score (nSPS) is 11.4. The molecule has 0 unspecified atom stereocenters. The van der Waals surface area contributed by atoms with E-state index in [0.29, 0.717) is 19.6 Å². The van der Waals surface area contributed by atoms with E-state index in [9.17, 15) is 13.2 Å². The number of hydrogen-bond acceptors (Lipinski definition) is 5. The second-order valence-electron chi connectivity index (χ2n) is 6.87. The lowest BCUT2D eigenvalue weighted by Gasteiger charge is -2.21. The first-order chi connectivity index (χ1) is 13.8. The Morgan fingerprint density at radius 2 is 1.86 bits per heavy atom. The molecule has 9 heteroatoms. The predicted octanol–water partition coefficient (Wildman–Crippen LogP) is 2.49. The minimum absolute atomic E-state index is 0.155. The largest absolute Gasteiger partial charge is 0.381 e. The maximum Gasteiger partial charge on any atom is 0.265 e. The highest BCUT2D eigenvalue weighted by atomic mass is 32.2. The second-order valence-corrected chi connectivity index (χ2v) is 8.84. The van der Waals surface area contributed by atoms with Crippen molar-refractivity contribution in [3.05, 3.63) is 41.6 Å². The van der Waals surface area contributed by atoms with Gasteiger partial charge in [0.05, 0.1) is 11.1 Å². The first-order valence-corrected chi connectivity index (χ1v) is 11.2. The molecule has 1 aromatic carbocycles. The molecule has 1 aromatic heterocycles. The molecule has 0 aliphatic heterocycles. The lowest BCUT2D eigenvalue weighted by molar-refractivity contribution is 0.0941. The number of rotatable bonds is 11. The van der Waals surface area contributed by atoms with Crippen molar-refractivity contribution in [2.45, 2.75) is 38.0 Å². The van der Waals surface area contributed by atoms with Gasteiger partial charge < -0.3 is 10.1 Å². The summed E-state index contributed by atoms with van der Waals surface area (Å²) in [5.74, 6) is -0.158. The molecular formula is C20H30N4O4S. The van der Waals surface area contributed by atoms with Gasteiger partial charge in [-0.2, -0.15) is 5.10 Å². The SMILES string of the molecule is CCCCOCCCNC(=O)c1cnn(C)c1N(C)S(=O)(=O)c1ccc(C)cc1. The third-order valence-electron chi connectivity index (χ3n) is 4.52. The van der Waals surface area contributed by atoms with Crippen molar-refractivity contribution in [3.8, 4) is 0 Å². The maximum absolute atomic E-state index is 13.0. The van der Waals surface area contributed by atoms with Gasteiger partial charge in [-0.25, -0.2) is 8.42 Å². The Bertz CT molecular complexity index is 907. The molecule has 0 fully saturated rings. The number of ether oxygens (including phenoxy) is 1. The van der Waals surface area contributed by atoms with Crippen LogP contribution in [0.2, 0.25) is 0 Å². The fraction of sp³-hybridized carbons (Fsp3) is 0.500. The molecule has 0 saturated carbocycles. The molecule has 0 radical (unpaired) electrons. The molecule has 0 saturated heterocycles. The highest BCUT2D eigenvalue weighted by Gasteiger charge is 2.28. The van der Waals surface area contributed by atoms with Crippen molar-refractivity contribution in [2.24, 2.45) is 7.05 Å². The minimum Gasteiger partial charge on any atom is -0.381 e. The Kier molecular flexibility index (Phi) is 8.21. The van der Waals surface area contributed by atoms with E-state index >= 15 is 0 Å². The lowest BCUT2D eigenvalue weighted by Crippen LogP contribution is -2.32. The Hall–Kier alpha value is -2.39. The number of unbranched alkanes of at least 4 members (excludes halogenated alkanes) is 1. The molecule has 1 heterocycles. The van der Waals surface area contributed by atoms with Gasteiger partial charge in [0, 0.05) is 33.9 Å². The smallest absolute Gasteiger partial charge is 0.265 e. The van der Waals surface area contributed by atoms with E-state index in [1.165, 1.54) is 17.9 Å². The quantitative estimate of drug-likeness (QED) is 0.562. The summed E-state index contributed by atoms with van der Waals surface area (Å²) in [7, 11) is -0.796. The van der Waals surface area contributed by atoms with Gasteiger partial charge in [-0.3, -0.25) is 13.8 Å². The van der Waals surface area contributed by atoms with Crippen LogP contribution >= 0.6 is 0 Å². The van der Waals surface area contributed by atoms with E-state index in [1.54, 1.807) is 31.3 Å². The Labute approximate surface area is 172 Å². The number of nitrogens with one attached hydrogen (secondary N) is 1. The van der Waals surface area contributed by atoms with Crippen LogP contribution in [0.3, 0.4) is 0 Å². The number of benzene rings is 1. The monoisotopic (exact) mass is 422 g/mol. The van der Waals surface area contributed by atoms with Gasteiger partial charge in [-0.15, -0.1) is 0 Å². The summed E-state index contributed by atoms with van der Waals surface area (Å²) >= 11 is 0. The van der Waals surface area contributed by atoms with Gasteiger partial charge in [-0.05, 0) is 31.9 Å². The third-order valence-corrected chi connectivity index (χ3v) is 6.28. The van der Waals surface area contributed by atoms with Gasteiger partial charge in [0.25, 0.3) is 15.9 Å². The number of hydrogen-bond donors (Lipinski definition) is 1. The van der Waals surface area contributed by atoms with Crippen LogP contribution < -0.4 is 9.62 Å². The van der Waals surface area contributed by atoms with Crippen LogP contribution in [-0.2, 0) is 21.8 Å². The molecule has 1 N–H and O–H groups in total. The molecule has 2 rings (SSSR count). The molecule has 0 aliphatic carbocycles. The summed E-state index contributed by atoms with van der Waals surface area (Å²) in [4.78, 5) is 12.8. The molecule has 29 heavy (non-hydrogen) atoms. The van der Waals surface area contributed by atoms with E-state index < -0.39 is 10.0 Å². The summed E-state index contributed by atoms with van der Waals surface area (Å²) < 4.78 is 33.9. The highest BCUT2D eigenvalue weighted by Crippen LogP contribution is 2.25. The number of anilines is 1. The van der Waals surface area contributed by atoms with Crippen LogP contribution in [0.5, 0.6) is 0 Å². The van der Waals surface area contributed by atoms with E-state index in [1.807, 2.05) is 6.92 Å². The average Bonchev–Trinajstić information content (AvgIpc) is 3.08. The van der Waals surface area contributed by atoms with Gasteiger partial charge >= 0.3 is 0 Å². The number of sulfonamides is 1. The zero-order valence-corrected chi connectivity index (χ0v) is 18.3. The fourth-order valence-corrected chi connectivity index (χ4v) is 4.01. The Morgan fingerprint density at radius 3 is 2.52 bits per heavy atom. The molecular weight excluding hydrogens is 392 g/mol. The predicted molar refractivity (Wildman–Crippen MR) is 113 cm³/mol. The summed E-state index contributed by atoms with van der Waals surface area (Å²) in [5, 5.41) is 6.89. The van der Waals surface area contributed by atoms with Crippen LogP contribution in [0, 0.1) is 6.92 Å². The maximum atomic E-state index is 13.0. The van der Waals surface area contributed by atoms with Gasteiger partial charge in [0.15, 0.2) is 5.82 Å². The van der Waals surface area contributed by atoms with Crippen LogP contribution in [0.15, 0.2) is 35.4 Å². The average molecular weight is 423 g/mol. The van der Waals surface area contributed by atoms with Crippen molar-refractivity contribution in [1.82, 2.24) is 15.1 Å². The van der Waals surface area contributed by atoms with E-state index in [4.69, 9.17) is 4.74 Å². The number of amides is 1.